The molecule has 3 rings (SSSR count). The Morgan fingerprint density at radius 1 is 1.22 bits per heavy atom. The monoisotopic (exact) mass is 374 g/mol. The third kappa shape index (κ3) is 4.43. The number of carbonyl (C=O) groups excluding carboxylic acids is 1. The first kappa shape index (κ1) is 19.3. The van der Waals surface area contributed by atoms with E-state index in [0.29, 0.717) is 26.2 Å². The number of hydrogen-bond donors (Lipinski definition) is 1. The van der Waals surface area contributed by atoms with Crippen LogP contribution in [0.25, 0.3) is 11.0 Å². The fourth-order valence-electron chi connectivity index (χ4n) is 3.24. The topological polar surface area (TPSA) is 89.5 Å². The minimum atomic E-state index is -0.483. The summed E-state index contributed by atoms with van der Waals surface area (Å²) in [5.74, 6) is 1.13. The first-order valence-corrected chi connectivity index (χ1v) is 9.63. The van der Waals surface area contributed by atoms with E-state index < -0.39 is 5.60 Å². The molecule has 0 unspecified atom stereocenters. The molecule has 0 saturated carbocycles. The highest BCUT2D eigenvalue weighted by Gasteiger charge is 2.27. The van der Waals surface area contributed by atoms with Crippen LogP contribution in [0.2, 0.25) is 0 Å². The lowest BCUT2D eigenvalue weighted by Crippen LogP contribution is -2.50. The van der Waals surface area contributed by atoms with Crippen molar-refractivity contribution >= 4 is 28.9 Å². The van der Waals surface area contributed by atoms with Gasteiger partial charge in [-0.25, -0.2) is 4.79 Å². The van der Waals surface area contributed by atoms with Crippen LogP contribution in [0.1, 0.15) is 40.5 Å². The number of aromatic nitrogens is 3. The fourth-order valence-corrected chi connectivity index (χ4v) is 3.24. The molecule has 27 heavy (non-hydrogen) atoms. The van der Waals surface area contributed by atoms with Gasteiger partial charge in [0.25, 0.3) is 0 Å². The molecule has 2 N–H and O–H groups in total. The lowest BCUT2D eigenvalue weighted by molar-refractivity contribution is 0.0240. The number of anilines is 2. The maximum atomic E-state index is 12.3. The van der Waals surface area contributed by atoms with Crippen LogP contribution in [0.5, 0.6) is 0 Å². The van der Waals surface area contributed by atoms with Crippen LogP contribution in [0, 0.1) is 0 Å². The SMILES string of the molecule is CCCCn1ccc2c(N3CCN(C(=O)OC(C)(C)C)CC3)nc(N)nc21. The van der Waals surface area contributed by atoms with Crippen molar-refractivity contribution in [2.45, 2.75) is 52.7 Å². The van der Waals surface area contributed by atoms with E-state index in [-0.39, 0.29) is 12.0 Å². The molecule has 1 aliphatic rings. The molecule has 1 saturated heterocycles. The summed E-state index contributed by atoms with van der Waals surface area (Å²) in [5, 5.41) is 1.01. The number of fused-ring (bicyclic) bond motifs is 1. The third-order valence-corrected chi connectivity index (χ3v) is 4.60. The molecular weight excluding hydrogens is 344 g/mol. The van der Waals surface area contributed by atoms with Gasteiger partial charge < -0.3 is 24.8 Å². The van der Waals surface area contributed by atoms with Gasteiger partial charge in [-0.3, -0.25) is 0 Å². The summed E-state index contributed by atoms with van der Waals surface area (Å²) in [4.78, 5) is 25.1. The number of nitrogen functional groups attached to an aromatic ring is 1. The maximum absolute atomic E-state index is 12.3. The van der Waals surface area contributed by atoms with Gasteiger partial charge in [0.1, 0.15) is 17.1 Å². The number of nitrogens with two attached hydrogens (primary N) is 1. The summed E-state index contributed by atoms with van der Waals surface area (Å²) in [5.41, 5.74) is 6.38. The van der Waals surface area contributed by atoms with Crippen molar-refractivity contribution < 1.29 is 9.53 Å². The van der Waals surface area contributed by atoms with E-state index in [1.807, 2.05) is 20.8 Å². The van der Waals surface area contributed by atoms with Gasteiger partial charge in [0.15, 0.2) is 0 Å². The minimum Gasteiger partial charge on any atom is -0.444 e. The van der Waals surface area contributed by atoms with E-state index in [2.05, 4.69) is 38.6 Å². The highest BCUT2D eigenvalue weighted by molar-refractivity contribution is 5.89. The average molecular weight is 374 g/mol. The summed E-state index contributed by atoms with van der Waals surface area (Å²) in [6, 6.07) is 2.06. The van der Waals surface area contributed by atoms with E-state index in [1.54, 1.807) is 4.90 Å². The standard InChI is InChI=1S/C19H30N6O2/c1-5-6-8-23-9-7-14-15(23)21-17(20)22-16(14)24-10-12-25(13-11-24)18(26)27-19(2,3)4/h7,9H,5-6,8,10-13H2,1-4H3,(H2,20,21,22). The van der Waals surface area contributed by atoms with E-state index >= 15 is 0 Å². The molecule has 8 heteroatoms. The third-order valence-electron chi connectivity index (χ3n) is 4.60. The lowest BCUT2D eigenvalue weighted by atomic mass is 10.2. The summed E-state index contributed by atoms with van der Waals surface area (Å²) < 4.78 is 7.60. The normalized spacial score (nSPS) is 15.4. The Morgan fingerprint density at radius 3 is 2.56 bits per heavy atom. The quantitative estimate of drug-likeness (QED) is 0.885. The molecular formula is C19H30N6O2. The molecule has 148 valence electrons. The molecule has 2 aromatic heterocycles. The van der Waals surface area contributed by atoms with Crippen LogP contribution in [-0.4, -0.2) is 57.3 Å². The number of aryl methyl sites for hydroxylation is 1. The van der Waals surface area contributed by atoms with Crippen LogP contribution in [0.15, 0.2) is 12.3 Å². The molecule has 1 amide bonds. The zero-order valence-electron chi connectivity index (χ0n) is 16.7. The van der Waals surface area contributed by atoms with Crippen molar-refractivity contribution in [3.8, 4) is 0 Å². The van der Waals surface area contributed by atoms with E-state index in [9.17, 15) is 4.79 Å². The van der Waals surface area contributed by atoms with Crippen molar-refractivity contribution in [2.75, 3.05) is 36.8 Å². The molecule has 0 aromatic carbocycles. The van der Waals surface area contributed by atoms with Crippen molar-refractivity contribution in [1.82, 2.24) is 19.4 Å². The zero-order chi connectivity index (χ0) is 19.6. The van der Waals surface area contributed by atoms with Crippen LogP contribution in [-0.2, 0) is 11.3 Å². The lowest BCUT2D eigenvalue weighted by Gasteiger charge is -2.36. The molecule has 0 atom stereocenters. The van der Waals surface area contributed by atoms with Gasteiger partial charge in [-0.2, -0.15) is 9.97 Å². The van der Waals surface area contributed by atoms with Crippen LogP contribution in [0.4, 0.5) is 16.6 Å². The van der Waals surface area contributed by atoms with E-state index in [1.165, 1.54) is 0 Å². The Hall–Kier alpha value is -2.51. The second kappa shape index (κ2) is 7.62. The Kier molecular flexibility index (Phi) is 5.43. The number of ether oxygens (including phenoxy) is 1. The molecule has 3 heterocycles. The summed E-state index contributed by atoms with van der Waals surface area (Å²) in [7, 11) is 0. The molecule has 1 aliphatic heterocycles. The van der Waals surface area contributed by atoms with Gasteiger partial charge in [0.2, 0.25) is 5.95 Å². The predicted molar refractivity (Wildman–Crippen MR) is 107 cm³/mol. The second-order valence-electron chi connectivity index (χ2n) is 7.96. The Balaban J connectivity index is 1.75. The number of unbranched alkanes of at least 4 members (excludes halogenated alkanes) is 1. The summed E-state index contributed by atoms with van der Waals surface area (Å²) >= 11 is 0. The Morgan fingerprint density at radius 2 is 1.93 bits per heavy atom. The fraction of sp³-hybridized carbons (Fsp3) is 0.632. The number of hydrogen-bond acceptors (Lipinski definition) is 6. The first-order valence-electron chi connectivity index (χ1n) is 9.63. The van der Waals surface area contributed by atoms with Crippen molar-refractivity contribution in [1.29, 1.82) is 0 Å². The van der Waals surface area contributed by atoms with Gasteiger partial charge in [-0.15, -0.1) is 0 Å². The molecule has 1 fully saturated rings. The zero-order valence-corrected chi connectivity index (χ0v) is 16.7. The number of piperazine rings is 1. The van der Waals surface area contributed by atoms with Crippen molar-refractivity contribution in [3.05, 3.63) is 12.3 Å². The van der Waals surface area contributed by atoms with Gasteiger partial charge >= 0.3 is 6.09 Å². The summed E-state index contributed by atoms with van der Waals surface area (Å²) in [6.45, 7) is 11.3. The van der Waals surface area contributed by atoms with Crippen LogP contribution in [0.3, 0.4) is 0 Å². The Labute approximate surface area is 160 Å². The smallest absolute Gasteiger partial charge is 0.410 e. The van der Waals surface area contributed by atoms with E-state index in [0.717, 1.165) is 36.2 Å². The number of amides is 1. The van der Waals surface area contributed by atoms with Gasteiger partial charge in [0.05, 0.1) is 5.39 Å². The van der Waals surface area contributed by atoms with Crippen LogP contribution >= 0.6 is 0 Å². The van der Waals surface area contributed by atoms with Gasteiger partial charge in [0, 0.05) is 38.9 Å². The van der Waals surface area contributed by atoms with Crippen molar-refractivity contribution in [3.63, 3.8) is 0 Å². The molecule has 0 bridgehead atoms. The predicted octanol–water partition coefficient (Wildman–Crippen LogP) is 2.87. The largest absolute Gasteiger partial charge is 0.444 e. The number of carbonyl (C=O) groups is 1. The van der Waals surface area contributed by atoms with Gasteiger partial charge in [-0.05, 0) is 33.3 Å². The van der Waals surface area contributed by atoms with Gasteiger partial charge in [-0.1, -0.05) is 13.3 Å². The number of rotatable bonds is 4. The van der Waals surface area contributed by atoms with E-state index in [4.69, 9.17) is 10.5 Å². The number of nitrogens with zero attached hydrogens (tertiary/aromatic N) is 5. The molecule has 0 spiro atoms. The maximum Gasteiger partial charge on any atom is 0.410 e. The highest BCUT2D eigenvalue weighted by atomic mass is 16.6. The highest BCUT2D eigenvalue weighted by Crippen LogP contribution is 2.27. The molecule has 8 nitrogen and oxygen atoms in total. The average Bonchev–Trinajstić information content (AvgIpc) is 3.00. The summed E-state index contributed by atoms with van der Waals surface area (Å²) in [6.07, 6.45) is 4.01. The minimum absolute atomic E-state index is 0.264. The molecule has 0 radical (unpaired) electrons. The molecule has 0 aliphatic carbocycles. The first-order chi connectivity index (χ1) is 12.8. The van der Waals surface area contributed by atoms with Crippen molar-refractivity contribution in [2.24, 2.45) is 0 Å². The van der Waals surface area contributed by atoms with Crippen LogP contribution < -0.4 is 10.6 Å². The second-order valence-corrected chi connectivity index (χ2v) is 7.96. The Bertz CT molecular complexity index is 802. The molecule has 2 aromatic rings.